The van der Waals surface area contributed by atoms with E-state index >= 15 is 0 Å². The van der Waals surface area contributed by atoms with Crippen LogP contribution in [-0.2, 0) is 11.3 Å². The molecule has 1 amide bonds. The molecule has 1 unspecified atom stereocenters. The number of hydrogen-bond donors (Lipinski definition) is 1. The van der Waals surface area contributed by atoms with E-state index in [9.17, 15) is 4.79 Å². The van der Waals surface area contributed by atoms with Crippen molar-refractivity contribution in [3.63, 3.8) is 0 Å². The highest BCUT2D eigenvalue weighted by molar-refractivity contribution is 5.86. The van der Waals surface area contributed by atoms with Crippen molar-refractivity contribution in [1.29, 1.82) is 0 Å². The van der Waals surface area contributed by atoms with Crippen molar-refractivity contribution in [2.45, 2.75) is 51.6 Å². The Balaban J connectivity index is 2.00. The van der Waals surface area contributed by atoms with Crippen LogP contribution >= 0.6 is 0 Å². The first-order valence-electron chi connectivity index (χ1n) is 7.52. The number of carbonyl (C=O) groups excluding carboxylic acids is 1. The molecule has 0 spiro atoms. The van der Waals surface area contributed by atoms with Crippen LogP contribution in [0.25, 0.3) is 0 Å². The lowest BCUT2D eigenvalue weighted by atomic mass is 9.98. The maximum absolute atomic E-state index is 12.5. The molecular weight excluding hydrogens is 248 g/mol. The van der Waals surface area contributed by atoms with Gasteiger partial charge in [0.05, 0.1) is 5.54 Å². The molecule has 3 nitrogen and oxygen atoms in total. The minimum absolute atomic E-state index is 0.197. The molecule has 110 valence electrons. The third kappa shape index (κ3) is 3.21. The van der Waals surface area contributed by atoms with Gasteiger partial charge in [0.15, 0.2) is 0 Å². The van der Waals surface area contributed by atoms with Gasteiger partial charge >= 0.3 is 0 Å². The Bertz CT molecular complexity index is 458. The first-order valence-corrected chi connectivity index (χ1v) is 7.52. The summed E-state index contributed by atoms with van der Waals surface area (Å²) < 4.78 is 0. The van der Waals surface area contributed by atoms with Crippen molar-refractivity contribution in [2.75, 3.05) is 13.6 Å². The lowest BCUT2D eigenvalue weighted by molar-refractivity contribution is -0.136. The summed E-state index contributed by atoms with van der Waals surface area (Å²) in [4.78, 5) is 14.3. The maximum atomic E-state index is 12.5. The molecule has 20 heavy (non-hydrogen) atoms. The molecule has 1 N–H and O–H groups in total. The second-order valence-corrected chi connectivity index (χ2v) is 6.42. The van der Waals surface area contributed by atoms with Crippen molar-refractivity contribution in [1.82, 2.24) is 10.2 Å². The van der Waals surface area contributed by atoms with Gasteiger partial charge in [-0.1, -0.05) is 38.1 Å². The molecular formula is C17H26N2O. The van der Waals surface area contributed by atoms with Gasteiger partial charge in [-0.05, 0) is 43.4 Å². The molecule has 0 saturated carbocycles. The smallest absolute Gasteiger partial charge is 0.242 e. The number of likely N-dealkylation sites (N-methyl/N-ethyl adjacent to an activating group) is 1. The van der Waals surface area contributed by atoms with E-state index < -0.39 is 0 Å². The van der Waals surface area contributed by atoms with Gasteiger partial charge in [-0.25, -0.2) is 0 Å². The van der Waals surface area contributed by atoms with Crippen LogP contribution in [0.15, 0.2) is 24.3 Å². The van der Waals surface area contributed by atoms with E-state index in [4.69, 9.17) is 0 Å². The predicted molar refractivity (Wildman–Crippen MR) is 82.6 cm³/mol. The van der Waals surface area contributed by atoms with E-state index in [2.05, 4.69) is 43.4 Å². The summed E-state index contributed by atoms with van der Waals surface area (Å²) in [5.74, 6) is 0.743. The largest absolute Gasteiger partial charge is 0.340 e. The van der Waals surface area contributed by atoms with Crippen LogP contribution < -0.4 is 5.32 Å². The number of carbonyl (C=O) groups is 1. The van der Waals surface area contributed by atoms with Crippen LogP contribution in [0.4, 0.5) is 0 Å². The van der Waals surface area contributed by atoms with Crippen LogP contribution in [0.2, 0.25) is 0 Å². The SMILES string of the molecule is CC(C)c1ccc(CN(C)C(=O)C2(C)CCCN2)cc1. The lowest BCUT2D eigenvalue weighted by Gasteiger charge is -2.29. The fourth-order valence-electron chi connectivity index (χ4n) is 2.85. The van der Waals surface area contributed by atoms with Gasteiger partial charge in [0.25, 0.3) is 0 Å². The first-order chi connectivity index (χ1) is 9.42. The number of nitrogens with zero attached hydrogens (tertiary/aromatic N) is 1. The molecule has 0 aromatic heterocycles. The van der Waals surface area contributed by atoms with E-state index in [0.717, 1.165) is 19.4 Å². The molecule has 1 aromatic rings. The van der Waals surface area contributed by atoms with Gasteiger partial charge in [-0.15, -0.1) is 0 Å². The van der Waals surface area contributed by atoms with Crippen molar-refractivity contribution >= 4 is 5.91 Å². The molecule has 0 radical (unpaired) electrons. The number of rotatable bonds is 4. The Kier molecular flexibility index (Phi) is 4.48. The molecule has 1 heterocycles. The normalized spacial score (nSPS) is 22.2. The van der Waals surface area contributed by atoms with Crippen LogP contribution in [0.5, 0.6) is 0 Å². The zero-order valence-electron chi connectivity index (χ0n) is 13.1. The summed E-state index contributed by atoms with van der Waals surface area (Å²) in [5, 5.41) is 3.33. The van der Waals surface area contributed by atoms with Crippen molar-refractivity contribution in [3.8, 4) is 0 Å². The molecule has 0 aliphatic carbocycles. The Morgan fingerprint density at radius 2 is 2.00 bits per heavy atom. The van der Waals surface area contributed by atoms with Crippen LogP contribution in [0, 0.1) is 0 Å². The highest BCUT2D eigenvalue weighted by Gasteiger charge is 2.37. The van der Waals surface area contributed by atoms with Crippen LogP contribution in [0.1, 0.15) is 50.7 Å². The van der Waals surface area contributed by atoms with E-state index in [1.165, 1.54) is 11.1 Å². The number of amides is 1. The lowest BCUT2D eigenvalue weighted by Crippen LogP contribution is -2.51. The average molecular weight is 274 g/mol. The molecule has 1 atom stereocenters. The van der Waals surface area contributed by atoms with E-state index in [0.29, 0.717) is 12.5 Å². The standard InChI is InChI=1S/C17H26N2O/c1-13(2)15-8-6-14(7-9-15)12-19(4)16(20)17(3)10-5-11-18-17/h6-9,13,18H,5,10-12H2,1-4H3. The number of nitrogens with one attached hydrogen (secondary N) is 1. The van der Waals surface area contributed by atoms with Gasteiger partial charge in [-0.3, -0.25) is 4.79 Å². The molecule has 1 aliphatic heterocycles. The van der Waals surface area contributed by atoms with E-state index in [1.807, 2.05) is 18.9 Å². The number of hydrogen-bond acceptors (Lipinski definition) is 2. The fraction of sp³-hybridized carbons (Fsp3) is 0.588. The van der Waals surface area contributed by atoms with Gasteiger partial charge in [0.1, 0.15) is 0 Å². The molecule has 1 aliphatic rings. The quantitative estimate of drug-likeness (QED) is 0.915. The minimum atomic E-state index is -0.368. The highest BCUT2D eigenvalue weighted by Crippen LogP contribution is 2.22. The summed E-state index contributed by atoms with van der Waals surface area (Å²) in [5.41, 5.74) is 2.16. The summed E-state index contributed by atoms with van der Waals surface area (Å²) in [7, 11) is 1.89. The molecule has 2 rings (SSSR count). The summed E-state index contributed by atoms with van der Waals surface area (Å²) in [6.45, 7) is 8.02. The van der Waals surface area contributed by atoms with Crippen LogP contribution in [-0.4, -0.2) is 29.9 Å². The Hall–Kier alpha value is -1.35. The maximum Gasteiger partial charge on any atom is 0.242 e. The second kappa shape index (κ2) is 5.96. The average Bonchev–Trinajstić information content (AvgIpc) is 2.86. The van der Waals surface area contributed by atoms with E-state index in [-0.39, 0.29) is 11.4 Å². The summed E-state index contributed by atoms with van der Waals surface area (Å²) in [6, 6.07) is 8.58. The van der Waals surface area contributed by atoms with E-state index in [1.54, 1.807) is 0 Å². The third-order valence-corrected chi connectivity index (χ3v) is 4.25. The Labute approximate surface area is 122 Å². The monoisotopic (exact) mass is 274 g/mol. The summed E-state index contributed by atoms with van der Waals surface area (Å²) >= 11 is 0. The predicted octanol–water partition coefficient (Wildman–Crippen LogP) is 2.91. The highest BCUT2D eigenvalue weighted by atomic mass is 16.2. The molecule has 3 heteroatoms. The van der Waals surface area contributed by atoms with Gasteiger partial charge in [0.2, 0.25) is 5.91 Å². The Morgan fingerprint density at radius 1 is 1.35 bits per heavy atom. The zero-order valence-corrected chi connectivity index (χ0v) is 13.1. The molecule has 1 aromatic carbocycles. The Morgan fingerprint density at radius 3 is 2.50 bits per heavy atom. The minimum Gasteiger partial charge on any atom is -0.340 e. The number of benzene rings is 1. The van der Waals surface area contributed by atoms with Crippen LogP contribution in [0.3, 0.4) is 0 Å². The third-order valence-electron chi connectivity index (χ3n) is 4.25. The van der Waals surface area contributed by atoms with Crippen molar-refractivity contribution in [3.05, 3.63) is 35.4 Å². The molecule has 1 fully saturated rings. The molecule has 1 saturated heterocycles. The van der Waals surface area contributed by atoms with Crippen molar-refractivity contribution < 1.29 is 4.79 Å². The fourth-order valence-corrected chi connectivity index (χ4v) is 2.85. The van der Waals surface area contributed by atoms with Crippen molar-refractivity contribution in [2.24, 2.45) is 0 Å². The first kappa shape index (κ1) is 15.0. The molecule has 0 bridgehead atoms. The van der Waals surface area contributed by atoms with Gasteiger partial charge in [-0.2, -0.15) is 0 Å². The zero-order chi connectivity index (χ0) is 14.8. The topological polar surface area (TPSA) is 32.3 Å². The van der Waals surface area contributed by atoms with Gasteiger partial charge in [0, 0.05) is 13.6 Å². The second-order valence-electron chi connectivity index (χ2n) is 6.42. The summed E-state index contributed by atoms with van der Waals surface area (Å²) in [6.07, 6.45) is 2.02. The van der Waals surface area contributed by atoms with Gasteiger partial charge < -0.3 is 10.2 Å².